The predicted molar refractivity (Wildman–Crippen MR) is 154 cm³/mol. The third-order valence-corrected chi connectivity index (χ3v) is 6.14. The number of aliphatic carboxylic acids is 3. The molecule has 41 heavy (non-hydrogen) atoms. The van der Waals surface area contributed by atoms with Crippen LogP contribution in [0.2, 0.25) is 5.02 Å². The number of nitrogens with one attached hydrogen (secondary N) is 2. The summed E-state index contributed by atoms with van der Waals surface area (Å²) >= 11 is 9.20. The van der Waals surface area contributed by atoms with Gasteiger partial charge in [0.2, 0.25) is 0 Å². The standard InChI is InChI=1S/C19H18BrClN4O2.C6H8O7.ClH/c20-16-17(23-12-14-3-1-9-22-11-14)19(25-24-18(16)26)27-10-2-4-13-5-7-15(21)8-6-13;7-3(8)1-6(13,5(11)12)2-4(9)10;/h1,3,5-9,11H,2,4,10,12H2,(H2,23,24,26);13H,1-2H2,(H,7,8)(H,9,10)(H,11,12);1H. The van der Waals surface area contributed by atoms with E-state index in [4.69, 9.17) is 36.8 Å². The van der Waals surface area contributed by atoms with E-state index >= 15 is 0 Å². The number of H-pyrrole nitrogens is 1. The molecule has 1 aromatic carbocycles. The van der Waals surface area contributed by atoms with Gasteiger partial charge in [0.1, 0.15) is 10.2 Å². The molecule has 6 N–H and O–H groups in total. The first-order chi connectivity index (χ1) is 18.9. The maximum absolute atomic E-state index is 11.9. The van der Waals surface area contributed by atoms with Gasteiger partial charge in [-0.2, -0.15) is 0 Å². The summed E-state index contributed by atoms with van der Waals surface area (Å²) in [5.74, 6) is -4.67. The number of hydrogen-bond donors (Lipinski definition) is 6. The van der Waals surface area contributed by atoms with Gasteiger partial charge in [0.25, 0.3) is 11.4 Å². The number of aliphatic hydroxyl groups is 1. The number of hydrogen-bond acceptors (Lipinski definition) is 9. The summed E-state index contributed by atoms with van der Waals surface area (Å²) in [4.78, 5) is 46.4. The minimum Gasteiger partial charge on any atom is -0.481 e. The van der Waals surface area contributed by atoms with E-state index in [0.717, 1.165) is 23.4 Å². The minimum absolute atomic E-state index is 0. The van der Waals surface area contributed by atoms with Crippen molar-refractivity contribution in [3.05, 3.63) is 79.8 Å². The zero-order valence-corrected chi connectivity index (χ0v) is 24.4. The number of carbonyl (C=O) groups is 3. The van der Waals surface area contributed by atoms with Crippen molar-refractivity contribution in [3.8, 4) is 5.88 Å². The second-order valence-electron chi connectivity index (χ2n) is 8.32. The van der Waals surface area contributed by atoms with E-state index < -0.39 is 36.4 Å². The minimum atomic E-state index is -2.74. The van der Waals surface area contributed by atoms with Crippen molar-refractivity contribution in [2.75, 3.05) is 11.9 Å². The van der Waals surface area contributed by atoms with Gasteiger partial charge in [-0.3, -0.25) is 19.4 Å². The van der Waals surface area contributed by atoms with Crippen LogP contribution >= 0.6 is 39.9 Å². The highest BCUT2D eigenvalue weighted by Gasteiger charge is 2.40. The number of aromatic amines is 1. The number of aromatic nitrogens is 3. The third kappa shape index (κ3) is 12.1. The number of ether oxygens (including phenoxy) is 1. The number of rotatable bonds is 13. The highest BCUT2D eigenvalue weighted by atomic mass is 79.9. The SMILES string of the molecule is Cl.O=C(O)CC(O)(CC(=O)O)C(=O)O.O=c1[nH]nc(OCCCc2ccc(Cl)cc2)c(NCc2cccnc2)c1Br. The Kier molecular flexibility index (Phi) is 14.8. The molecule has 0 aliphatic carbocycles. The largest absolute Gasteiger partial charge is 0.481 e. The lowest BCUT2D eigenvalue weighted by atomic mass is 9.96. The molecule has 0 fully saturated rings. The normalized spacial score (nSPS) is 10.4. The summed E-state index contributed by atoms with van der Waals surface area (Å²) in [5.41, 5.74) is -0.365. The van der Waals surface area contributed by atoms with Gasteiger partial charge in [-0.15, -0.1) is 17.5 Å². The summed E-state index contributed by atoms with van der Waals surface area (Å²) in [6, 6.07) is 11.5. The lowest BCUT2D eigenvalue weighted by Gasteiger charge is -2.18. The van der Waals surface area contributed by atoms with Crippen molar-refractivity contribution < 1.29 is 39.5 Å². The van der Waals surface area contributed by atoms with Crippen LogP contribution in [0.4, 0.5) is 5.69 Å². The average molecular weight is 678 g/mol. The van der Waals surface area contributed by atoms with Crippen LogP contribution in [-0.2, 0) is 27.3 Å². The number of nitrogens with zero attached hydrogens (tertiary/aromatic N) is 2. The Morgan fingerprint density at radius 1 is 1.05 bits per heavy atom. The van der Waals surface area contributed by atoms with E-state index in [0.29, 0.717) is 29.2 Å². The molecule has 0 saturated carbocycles. The van der Waals surface area contributed by atoms with Crippen molar-refractivity contribution in [2.24, 2.45) is 0 Å². The number of benzene rings is 1. The number of carboxylic acid groups (broad SMARTS) is 3. The van der Waals surface area contributed by atoms with Crippen LogP contribution in [-0.4, -0.2) is 65.7 Å². The Morgan fingerprint density at radius 3 is 2.22 bits per heavy atom. The Labute approximate surface area is 253 Å². The smallest absolute Gasteiger partial charge is 0.336 e. The van der Waals surface area contributed by atoms with Gasteiger partial charge in [0.05, 0.1) is 19.4 Å². The summed E-state index contributed by atoms with van der Waals surface area (Å²) in [6.45, 7) is 0.967. The molecule has 3 rings (SSSR count). The highest BCUT2D eigenvalue weighted by molar-refractivity contribution is 9.10. The van der Waals surface area contributed by atoms with Gasteiger partial charge in [-0.25, -0.2) is 9.89 Å². The summed E-state index contributed by atoms with van der Waals surface area (Å²) in [6.07, 6.45) is 2.85. The number of halogens is 3. The van der Waals surface area contributed by atoms with Crippen LogP contribution in [0.25, 0.3) is 0 Å². The molecular formula is C25H27BrCl2N4O9. The van der Waals surface area contributed by atoms with Crippen molar-refractivity contribution in [1.82, 2.24) is 15.2 Å². The van der Waals surface area contributed by atoms with Gasteiger partial charge in [-0.05, 0) is 58.1 Å². The fraction of sp³-hybridized carbons (Fsp3) is 0.280. The van der Waals surface area contributed by atoms with Crippen LogP contribution in [0.1, 0.15) is 30.4 Å². The van der Waals surface area contributed by atoms with E-state index in [1.165, 1.54) is 5.56 Å². The van der Waals surface area contributed by atoms with Crippen molar-refractivity contribution in [2.45, 2.75) is 37.8 Å². The summed E-state index contributed by atoms with van der Waals surface area (Å²) in [7, 11) is 0. The van der Waals surface area contributed by atoms with Gasteiger partial charge in [0, 0.05) is 24.0 Å². The Morgan fingerprint density at radius 2 is 1.68 bits per heavy atom. The molecule has 0 amide bonds. The van der Waals surface area contributed by atoms with Crippen LogP contribution in [0.15, 0.2) is 58.1 Å². The lowest BCUT2D eigenvalue weighted by molar-refractivity contribution is -0.170. The first-order valence-corrected chi connectivity index (χ1v) is 12.8. The monoisotopic (exact) mass is 676 g/mol. The predicted octanol–water partition coefficient (Wildman–Crippen LogP) is 3.38. The molecule has 3 aromatic rings. The molecule has 0 atom stereocenters. The van der Waals surface area contributed by atoms with Crippen LogP contribution < -0.4 is 15.6 Å². The van der Waals surface area contributed by atoms with Crippen molar-refractivity contribution >= 4 is 63.5 Å². The lowest BCUT2D eigenvalue weighted by Crippen LogP contribution is -2.42. The highest BCUT2D eigenvalue weighted by Crippen LogP contribution is 2.28. The molecule has 16 heteroatoms. The zero-order chi connectivity index (χ0) is 29.7. The van der Waals surface area contributed by atoms with Gasteiger partial charge in [-0.1, -0.05) is 29.8 Å². The number of pyridine rings is 1. The quantitative estimate of drug-likeness (QED) is 0.144. The first-order valence-electron chi connectivity index (χ1n) is 11.6. The molecule has 2 aromatic heterocycles. The second-order valence-corrected chi connectivity index (χ2v) is 9.55. The first kappa shape index (κ1) is 35.3. The van der Waals surface area contributed by atoms with Crippen LogP contribution in [0.3, 0.4) is 0 Å². The van der Waals surface area contributed by atoms with E-state index in [1.807, 2.05) is 36.4 Å². The molecule has 0 aliphatic heterocycles. The van der Waals surface area contributed by atoms with E-state index in [-0.39, 0.29) is 18.0 Å². The topological polar surface area (TPSA) is 212 Å². The third-order valence-electron chi connectivity index (χ3n) is 5.13. The molecule has 222 valence electrons. The molecule has 13 nitrogen and oxygen atoms in total. The maximum atomic E-state index is 11.9. The Hall–Kier alpha value is -3.72. The van der Waals surface area contributed by atoms with Gasteiger partial charge in [0.15, 0.2) is 5.60 Å². The van der Waals surface area contributed by atoms with E-state index in [9.17, 15) is 19.2 Å². The van der Waals surface area contributed by atoms with E-state index in [1.54, 1.807) is 12.4 Å². The maximum Gasteiger partial charge on any atom is 0.336 e. The summed E-state index contributed by atoms with van der Waals surface area (Å²) < 4.78 is 6.15. The average Bonchev–Trinajstić information content (AvgIpc) is 2.89. The molecule has 2 heterocycles. The number of carboxylic acids is 3. The van der Waals surface area contributed by atoms with Gasteiger partial charge >= 0.3 is 17.9 Å². The molecule has 0 unspecified atom stereocenters. The molecule has 0 radical (unpaired) electrons. The molecule has 0 aliphatic rings. The van der Waals surface area contributed by atoms with Crippen molar-refractivity contribution in [1.29, 1.82) is 0 Å². The number of aryl methyl sites for hydroxylation is 1. The van der Waals surface area contributed by atoms with Gasteiger partial charge < -0.3 is 30.5 Å². The fourth-order valence-corrected chi connectivity index (χ4v) is 3.70. The molecule has 0 bridgehead atoms. The molecular weight excluding hydrogens is 651 g/mol. The van der Waals surface area contributed by atoms with Crippen molar-refractivity contribution in [3.63, 3.8) is 0 Å². The van der Waals surface area contributed by atoms with E-state index in [2.05, 4.69) is 36.4 Å². The fourth-order valence-electron chi connectivity index (χ4n) is 3.18. The van der Waals surface area contributed by atoms with Crippen LogP contribution in [0, 0.1) is 0 Å². The summed E-state index contributed by atoms with van der Waals surface area (Å²) in [5, 5.41) is 44.2. The number of anilines is 1. The Balaban J connectivity index is 0.000000512. The molecule has 0 spiro atoms. The van der Waals surface area contributed by atoms with Crippen LogP contribution in [0.5, 0.6) is 5.88 Å². The zero-order valence-electron chi connectivity index (χ0n) is 21.3. The molecule has 0 saturated heterocycles. The Bertz CT molecular complexity index is 1340. The second kappa shape index (κ2) is 17.2.